The van der Waals surface area contributed by atoms with Crippen LogP contribution in [0.3, 0.4) is 0 Å². The van der Waals surface area contributed by atoms with Crippen LogP contribution >= 0.6 is 0 Å². The first-order valence-corrected chi connectivity index (χ1v) is 12.2. The highest BCUT2D eigenvalue weighted by molar-refractivity contribution is 7.91. The second-order valence-corrected chi connectivity index (χ2v) is 10.3. The average molecular weight is 417 g/mol. The fourth-order valence-corrected chi connectivity index (χ4v) is 6.08. The van der Waals surface area contributed by atoms with Crippen LogP contribution in [-0.4, -0.2) is 93.1 Å². The third-order valence-electron chi connectivity index (χ3n) is 5.96. The van der Waals surface area contributed by atoms with Crippen LogP contribution in [0, 0.1) is 5.92 Å². The van der Waals surface area contributed by atoms with Gasteiger partial charge in [-0.3, -0.25) is 14.5 Å². The van der Waals surface area contributed by atoms with E-state index in [1.165, 1.54) is 0 Å². The lowest BCUT2D eigenvalue weighted by atomic mass is 9.97. The molecule has 1 amide bonds. The molecule has 0 radical (unpaired) electrons. The largest absolute Gasteiger partial charge is 0.466 e. The Kier molecular flexibility index (Phi) is 7.33. The summed E-state index contributed by atoms with van der Waals surface area (Å²) in [7, 11) is -3.06. The number of ether oxygens (including phenoxy) is 2. The van der Waals surface area contributed by atoms with Crippen molar-refractivity contribution in [1.29, 1.82) is 0 Å². The van der Waals surface area contributed by atoms with Crippen molar-refractivity contribution < 1.29 is 27.5 Å². The SMILES string of the molecule is CCOC(=O)C1CCN(CC(=O)N(CC2CCCO2)C2CCS(=O)(=O)C2)CC1. The van der Waals surface area contributed by atoms with Gasteiger partial charge in [0.25, 0.3) is 0 Å². The van der Waals surface area contributed by atoms with Crippen LogP contribution in [0.2, 0.25) is 0 Å². The number of amides is 1. The van der Waals surface area contributed by atoms with E-state index in [2.05, 4.69) is 4.90 Å². The minimum absolute atomic E-state index is 0.00167. The molecule has 8 nitrogen and oxygen atoms in total. The van der Waals surface area contributed by atoms with Crippen molar-refractivity contribution in [3.63, 3.8) is 0 Å². The highest BCUT2D eigenvalue weighted by Gasteiger charge is 2.37. The van der Waals surface area contributed by atoms with Crippen molar-refractivity contribution in [2.24, 2.45) is 5.92 Å². The zero-order valence-electron chi connectivity index (χ0n) is 16.7. The van der Waals surface area contributed by atoms with Gasteiger partial charge in [-0.2, -0.15) is 0 Å². The lowest BCUT2D eigenvalue weighted by molar-refractivity contribution is -0.149. The Hall–Kier alpha value is -1.19. The van der Waals surface area contributed by atoms with Gasteiger partial charge in [0.15, 0.2) is 9.84 Å². The van der Waals surface area contributed by atoms with Crippen molar-refractivity contribution in [2.45, 2.75) is 51.2 Å². The van der Waals surface area contributed by atoms with Crippen LogP contribution in [-0.2, 0) is 28.9 Å². The van der Waals surface area contributed by atoms with Crippen molar-refractivity contribution in [1.82, 2.24) is 9.80 Å². The standard InChI is InChI=1S/C19H32N2O6S/c1-2-26-19(23)15-5-8-20(9-6-15)13-18(22)21(12-17-4-3-10-27-17)16-7-11-28(24,25)14-16/h15-17H,2-14H2,1H3. The van der Waals surface area contributed by atoms with E-state index < -0.39 is 9.84 Å². The van der Waals surface area contributed by atoms with Gasteiger partial charge in [-0.25, -0.2) is 8.42 Å². The molecule has 2 atom stereocenters. The quantitative estimate of drug-likeness (QED) is 0.557. The molecule has 28 heavy (non-hydrogen) atoms. The summed E-state index contributed by atoms with van der Waals surface area (Å²) >= 11 is 0. The molecule has 0 aromatic carbocycles. The molecule has 0 bridgehead atoms. The van der Waals surface area contributed by atoms with E-state index in [0.29, 0.717) is 52.1 Å². The van der Waals surface area contributed by atoms with E-state index in [9.17, 15) is 18.0 Å². The third kappa shape index (κ3) is 5.67. The van der Waals surface area contributed by atoms with Gasteiger partial charge in [0.1, 0.15) is 0 Å². The molecular weight excluding hydrogens is 384 g/mol. The second-order valence-electron chi connectivity index (χ2n) is 8.04. The van der Waals surface area contributed by atoms with E-state index in [0.717, 1.165) is 12.8 Å². The number of hydrogen-bond donors (Lipinski definition) is 0. The number of sulfone groups is 1. The lowest BCUT2D eigenvalue weighted by Crippen LogP contribution is -2.50. The Morgan fingerprint density at radius 1 is 1.18 bits per heavy atom. The van der Waals surface area contributed by atoms with Crippen LogP contribution < -0.4 is 0 Å². The summed E-state index contributed by atoms with van der Waals surface area (Å²) < 4.78 is 34.6. The minimum Gasteiger partial charge on any atom is -0.466 e. The minimum atomic E-state index is -3.06. The normalized spacial score (nSPS) is 28.3. The van der Waals surface area contributed by atoms with Gasteiger partial charge in [0, 0.05) is 19.2 Å². The van der Waals surface area contributed by atoms with E-state index >= 15 is 0 Å². The maximum Gasteiger partial charge on any atom is 0.309 e. The monoisotopic (exact) mass is 416 g/mol. The van der Waals surface area contributed by atoms with Crippen molar-refractivity contribution in [2.75, 3.05) is 50.9 Å². The third-order valence-corrected chi connectivity index (χ3v) is 7.71. The number of likely N-dealkylation sites (tertiary alicyclic amines) is 1. The first kappa shape index (κ1) is 21.5. The predicted octanol–water partition coefficient (Wildman–Crippen LogP) is 0.456. The molecule has 3 aliphatic rings. The summed E-state index contributed by atoms with van der Waals surface area (Å²) in [6.07, 6.45) is 3.78. The van der Waals surface area contributed by atoms with Gasteiger partial charge in [-0.15, -0.1) is 0 Å². The molecule has 0 aromatic rings. The molecule has 3 heterocycles. The fourth-order valence-electron chi connectivity index (χ4n) is 4.35. The van der Waals surface area contributed by atoms with Crippen LogP contribution in [0.5, 0.6) is 0 Å². The first-order chi connectivity index (χ1) is 13.4. The number of carbonyl (C=O) groups excluding carboxylic acids is 2. The summed E-state index contributed by atoms with van der Waals surface area (Å²) in [6.45, 7) is 4.98. The predicted molar refractivity (Wildman–Crippen MR) is 104 cm³/mol. The molecule has 3 rings (SSSR count). The molecular formula is C19H32N2O6S. The Morgan fingerprint density at radius 3 is 2.50 bits per heavy atom. The molecule has 3 saturated heterocycles. The molecule has 3 fully saturated rings. The summed E-state index contributed by atoms with van der Waals surface area (Å²) in [5, 5.41) is 0. The van der Waals surface area contributed by atoms with Crippen LogP contribution in [0.25, 0.3) is 0 Å². The molecule has 3 aliphatic heterocycles. The molecule has 0 aliphatic carbocycles. The zero-order chi connectivity index (χ0) is 20.1. The number of piperidine rings is 1. The summed E-state index contributed by atoms with van der Waals surface area (Å²) in [5.41, 5.74) is 0. The Balaban J connectivity index is 1.56. The average Bonchev–Trinajstić information content (AvgIpc) is 3.29. The van der Waals surface area contributed by atoms with Crippen molar-refractivity contribution in [3.05, 3.63) is 0 Å². The number of hydrogen-bond acceptors (Lipinski definition) is 7. The maximum atomic E-state index is 13.1. The van der Waals surface area contributed by atoms with Gasteiger partial charge < -0.3 is 14.4 Å². The van der Waals surface area contributed by atoms with Gasteiger partial charge in [-0.1, -0.05) is 0 Å². The zero-order valence-corrected chi connectivity index (χ0v) is 17.5. The van der Waals surface area contributed by atoms with E-state index in [1.807, 2.05) is 0 Å². The number of carbonyl (C=O) groups is 2. The summed E-state index contributed by atoms with van der Waals surface area (Å²) in [4.78, 5) is 28.7. The molecule has 9 heteroatoms. The lowest BCUT2D eigenvalue weighted by Gasteiger charge is -2.35. The van der Waals surface area contributed by atoms with Gasteiger partial charge in [0.2, 0.25) is 5.91 Å². The molecule has 0 N–H and O–H groups in total. The highest BCUT2D eigenvalue weighted by Crippen LogP contribution is 2.23. The van der Waals surface area contributed by atoms with Crippen molar-refractivity contribution >= 4 is 21.7 Å². The number of rotatable bonds is 7. The fraction of sp³-hybridized carbons (Fsp3) is 0.895. The van der Waals surface area contributed by atoms with Gasteiger partial charge in [-0.05, 0) is 52.1 Å². The molecule has 160 valence electrons. The Labute approximate surface area is 167 Å². The Morgan fingerprint density at radius 2 is 1.93 bits per heavy atom. The van der Waals surface area contributed by atoms with Crippen molar-refractivity contribution in [3.8, 4) is 0 Å². The van der Waals surface area contributed by atoms with Crippen LogP contribution in [0.15, 0.2) is 0 Å². The molecule has 2 unspecified atom stereocenters. The second kappa shape index (κ2) is 9.54. The molecule has 0 spiro atoms. The first-order valence-electron chi connectivity index (χ1n) is 10.4. The molecule has 0 aromatic heterocycles. The smallest absolute Gasteiger partial charge is 0.309 e. The summed E-state index contributed by atoms with van der Waals surface area (Å²) in [5.74, 6) is -0.0695. The van der Waals surface area contributed by atoms with Crippen LogP contribution in [0.1, 0.15) is 39.0 Å². The Bertz CT molecular complexity index is 653. The van der Waals surface area contributed by atoms with E-state index in [4.69, 9.17) is 9.47 Å². The maximum absolute atomic E-state index is 13.1. The van der Waals surface area contributed by atoms with Gasteiger partial charge >= 0.3 is 5.97 Å². The van der Waals surface area contributed by atoms with E-state index in [-0.39, 0.29) is 48.0 Å². The highest BCUT2D eigenvalue weighted by atomic mass is 32.2. The topological polar surface area (TPSA) is 93.2 Å². The van der Waals surface area contributed by atoms with Crippen LogP contribution in [0.4, 0.5) is 0 Å². The number of nitrogens with zero attached hydrogens (tertiary/aromatic N) is 2. The van der Waals surface area contributed by atoms with Gasteiger partial charge in [0.05, 0.1) is 36.7 Å². The van der Waals surface area contributed by atoms with E-state index in [1.54, 1.807) is 11.8 Å². The summed E-state index contributed by atoms with van der Waals surface area (Å²) in [6, 6.07) is -0.251. The number of esters is 1. The molecule has 0 saturated carbocycles.